The van der Waals surface area contributed by atoms with Crippen molar-refractivity contribution in [3.05, 3.63) is 36.0 Å². The van der Waals surface area contributed by atoms with Crippen LogP contribution in [0.1, 0.15) is 17.6 Å². The molecule has 2 aromatic heterocycles. The fourth-order valence-electron chi connectivity index (χ4n) is 1.54. The lowest BCUT2D eigenvalue weighted by Gasteiger charge is -2.01. The first-order valence-corrected chi connectivity index (χ1v) is 5.07. The van der Waals surface area contributed by atoms with Gasteiger partial charge in [-0.2, -0.15) is 0 Å². The molecule has 0 spiro atoms. The van der Waals surface area contributed by atoms with Gasteiger partial charge in [-0.3, -0.25) is 4.98 Å². The summed E-state index contributed by atoms with van der Waals surface area (Å²) in [5.41, 5.74) is 8.00. The molecule has 16 heavy (non-hydrogen) atoms. The lowest BCUT2D eigenvalue weighted by Crippen LogP contribution is -2.12. The summed E-state index contributed by atoms with van der Waals surface area (Å²) < 4.78 is 0. The van der Waals surface area contributed by atoms with E-state index in [0.717, 1.165) is 17.0 Å². The molecule has 0 bridgehead atoms. The molecule has 1 atom stereocenters. The van der Waals surface area contributed by atoms with Gasteiger partial charge in [0.25, 0.3) is 0 Å². The Labute approximate surface area is 93.4 Å². The molecule has 0 saturated carbocycles. The van der Waals surface area contributed by atoms with Crippen LogP contribution >= 0.6 is 0 Å². The summed E-state index contributed by atoms with van der Waals surface area (Å²) in [6.07, 6.45) is 2.70. The molecule has 2 rings (SSSR count). The van der Waals surface area contributed by atoms with Gasteiger partial charge in [0.05, 0.1) is 5.69 Å². The van der Waals surface area contributed by atoms with Crippen molar-refractivity contribution in [3.63, 3.8) is 0 Å². The van der Waals surface area contributed by atoms with Gasteiger partial charge < -0.3 is 15.8 Å². The van der Waals surface area contributed by atoms with Crippen molar-refractivity contribution in [3.8, 4) is 11.3 Å². The summed E-state index contributed by atoms with van der Waals surface area (Å²) in [7, 11) is 0. The van der Waals surface area contributed by atoms with Gasteiger partial charge in [-0.15, -0.1) is 0 Å². The molecule has 0 saturated heterocycles. The molecule has 0 aliphatic rings. The molecule has 0 aliphatic heterocycles. The molecule has 2 aromatic rings. The van der Waals surface area contributed by atoms with Crippen LogP contribution in [0.2, 0.25) is 0 Å². The highest BCUT2D eigenvalue weighted by molar-refractivity contribution is 5.60. The molecule has 0 amide bonds. The average Bonchev–Trinajstić information content (AvgIpc) is 2.71. The van der Waals surface area contributed by atoms with E-state index in [-0.39, 0.29) is 6.54 Å². The fourth-order valence-corrected chi connectivity index (χ4v) is 1.54. The van der Waals surface area contributed by atoms with Crippen LogP contribution in [-0.2, 0) is 0 Å². The van der Waals surface area contributed by atoms with Crippen LogP contribution in [0.4, 0.5) is 0 Å². The van der Waals surface area contributed by atoms with Crippen LogP contribution in [0.5, 0.6) is 0 Å². The average molecular weight is 218 g/mol. The van der Waals surface area contributed by atoms with Crippen LogP contribution in [0, 0.1) is 6.92 Å². The molecule has 0 aliphatic carbocycles. The Morgan fingerprint density at radius 3 is 3.00 bits per heavy atom. The van der Waals surface area contributed by atoms with Crippen LogP contribution in [0.15, 0.2) is 24.5 Å². The third-order valence-corrected chi connectivity index (χ3v) is 2.38. The Balaban J connectivity index is 2.40. The minimum atomic E-state index is -0.746. The molecular formula is C11H14N4O. The second kappa shape index (κ2) is 4.42. The summed E-state index contributed by atoms with van der Waals surface area (Å²) in [6.45, 7) is 2.06. The highest BCUT2D eigenvalue weighted by Crippen LogP contribution is 2.21. The maximum Gasteiger partial charge on any atom is 0.137 e. The van der Waals surface area contributed by atoms with E-state index in [4.69, 9.17) is 5.73 Å². The second-order valence-corrected chi connectivity index (χ2v) is 3.59. The lowest BCUT2D eigenvalue weighted by molar-refractivity contribution is 0.177. The fraction of sp³-hybridized carbons (Fsp3) is 0.273. The van der Waals surface area contributed by atoms with Gasteiger partial charge in [-0.05, 0) is 19.1 Å². The monoisotopic (exact) mass is 218 g/mol. The van der Waals surface area contributed by atoms with Crippen molar-refractivity contribution in [2.75, 3.05) is 6.54 Å². The molecule has 5 heteroatoms. The van der Waals surface area contributed by atoms with E-state index in [9.17, 15) is 5.11 Å². The largest absolute Gasteiger partial charge is 0.384 e. The number of pyridine rings is 1. The predicted octanol–water partition coefficient (Wildman–Crippen LogP) is 0.772. The van der Waals surface area contributed by atoms with E-state index in [1.54, 1.807) is 12.4 Å². The third-order valence-electron chi connectivity index (χ3n) is 2.38. The summed E-state index contributed by atoms with van der Waals surface area (Å²) in [5.74, 6) is 0.499. The van der Waals surface area contributed by atoms with E-state index in [2.05, 4.69) is 15.0 Å². The number of nitrogens with two attached hydrogens (primary N) is 1. The molecule has 84 valence electrons. The molecule has 2 heterocycles. The minimum absolute atomic E-state index is 0.152. The molecule has 1 unspecified atom stereocenters. The molecule has 4 N–H and O–H groups in total. The van der Waals surface area contributed by atoms with E-state index in [0.29, 0.717) is 5.82 Å². The van der Waals surface area contributed by atoms with Crippen molar-refractivity contribution in [1.29, 1.82) is 0 Å². The number of rotatable bonds is 3. The normalized spacial score (nSPS) is 12.7. The van der Waals surface area contributed by atoms with Crippen molar-refractivity contribution >= 4 is 0 Å². The van der Waals surface area contributed by atoms with Crippen molar-refractivity contribution in [1.82, 2.24) is 15.0 Å². The number of aromatic nitrogens is 3. The van der Waals surface area contributed by atoms with E-state index in [1.165, 1.54) is 0 Å². The maximum absolute atomic E-state index is 9.58. The number of aryl methyl sites for hydroxylation is 1. The van der Waals surface area contributed by atoms with Gasteiger partial charge >= 0.3 is 0 Å². The first kappa shape index (κ1) is 10.8. The Bertz CT molecular complexity index is 466. The van der Waals surface area contributed by atoms with Gasteiger partial charge in [0.15, 0.2) is 0 Å². The van der Waals surface area contributed by atoms with Crippen LogP contribution in [0.3, 0.4) is 0 Å². The topological polar surface area (TPSA) is 87.8 Å². The Kier molecular flexibility index (Phi) is 2.98. The van der Waals surface area contributed by atoms with Crippen molar-refractivity contribution in [2.24, 2.45) is 5.73 Å². The highest BCUT2D eigenvalue weighted by Gasteiger charge is 2.13. The van der Waals surface area contributed by atoms with Gasteiger partial charge in [-0.1, -0.05) is 0 Å². The van der Waals surface area contributed by atoms with Gasteiger partial charge in [0.1, 0.15) is 11.9 Å². The van der Waals surface area contributed by atoms with Crippen molar-refractivity contribution < 1.29 is 5.11 Å². The first-order chi connectivity index (χ1) is 7.72. The zero-order valence-corrected chi connectivity index (χ0v) is 9.01. The van der Waals surface area contributed by atoms with Gasteiger partial charge in [0, 0.05) is 30.2 Å². The van der Waals surface area contributed by atoms with Gasteiger partial charge in [0.2, 0.25) is 0 Å². The summed E-state index contributed by atoms with van der Waals surface area (Å²) in [5, 5.41) is 9.58. The van der Waals surface area contributed by atoms with E-state index < -0.39 is 6.10 Å². The number of imidazole rings is 1. The Morgan fingerprint density at radius 2 is 2.38 bits per heavy atom. The third kappa shape index (κ3) is 1.95. The van der Waals surface area contributed by atoms with Crippen LogP contribution in [-0.4, -0.2) is 26.6 Å². The zero-order chi connectivity index (χ0) is 11.5. The molecule has 0 radical (unpaired) electrons. The minimum Gasteiger partial charge on any atom is -0.384 e. The molecule has 0 aromatic carbocycles. The van der Waals surface area contributed by atoms with Gasteiger partial charge in [-0.25, -0.2) is 4.98 Å². The van der Waals surface area contributed by atoms with Crippen LogP contribution < -0.4 is 5.73 Å². The molecular weight excluding hydrogens is 204 g/mol. The number of hydrogen-bond donors (Lipinski definition) is 3. The van der Waals surface area contributed by atoms with E-state index >= 15 is 0 Å². The number of H-pyrrole nitrogens is 1. The smallest absolute Gasteiger partial charge is 0.137 e. The Hall–Kier alpha value is -1.72. The lowest BCUT2D eigenvalue weighted by atomic mass is 10.2. The summed E-state index contributed by atoms with van der Waals surface area (Å²) in [4.78, 5) is 11.4. The summed E-state index contributed by atoms with van der Waals surface area (Å²) >= 11 is 0. The molecule has 5 nitrogen and oxygen atoms in total. The SMILES string of the molecule is Cc1[nH]c(C(O)CN)nc1-c1cccnc1. The quantitative estimate of drug-likeness (QED) is 0.710. The number of aliphatic hydroxyl groups is 1. The zero-order valence-electron chi connectivity index (χ0n) is 9.01. The highest BCUT2D eigenvalue weighted by atomic mass is 16.3. The number of aromatic amines is 1. The number of hydrogen-bond acceptors (Lipinski definition) is 4. The molecule has 0 fully saturated rings. The van der Waals surface area contributed by atoms with Crippen molar-refractivity contribution in [2.45, 2.75) is 13.0 Å². The predicted molar refractivity (Wildman–Crippen MR) is 60.6 cm³/mol. The van der Waals surface area contributed by atoms with Crippen LogP contribution in [0.25, 0.3) is 11.3 Å². The number of aliphatic hydroxyl groups excluding tert-OH is 1. The second-order valence-electron chi connectivity index (χ2n) is 3.59. The Morgan fingerprint density at radius 1 is 1.56 bits per heavy atom. The number of nitrogens with zero attached hydrogens (tertiary/aromatic N) is 2. The van der Waals surface area contributed by atoms with E-state index in [1.807, 2.05) is 19.1 Å². The summed E-state index contributed by atoms with van der Waals surface area (Å²) in [6, 6.07) is 3.78. The maximum atomic E-state index is 9.58. The standard InChI is InChI=1S/C11H14N4O/c1-7-10(8-3-2-4-13-6-8)15-11(14-7)9(16)5-12/h2-4,6,9,16H,5,12H2,1H3,(H,14,15). The number of nitrogens with one attached hydrogen (secondary N) is 1. The first-order valence-electron chi connectivity index (χ1n) is 5.07.